The molecule has 0 bridgehead atoms. The topological polar surface area (TPSA) is 236 Å². The number of phenolic OH excluding ortho intramolecular Hbond substituents is 1. The lowest BCUT2D eigenvalue weighted by Crippen LogP contribution is -2.70. The summed E-state index contributed by atoms with van der Waals surface area (Å²) in [5.41, 5.74) is 6.09. The van der Waals surface area contributed by atoms with Crippen LogP contribution in [0.15, 0.2) is 54.6 Å². The SMILES string of the molecule is N[C@H]1NC(=O)[C@H]2NCN(c3ccccc3Cc3cc4c(c(O)c3O[C@H]3O[C@@H](C5(O)CCCC5)[C@H](O)[C@@H](O)[C@@H]3O)C(=O)c3ccccc3C4=O)[C@@H]2N1. The van der Waals surface area contributed by atoms with Crippen LogP contribution >= 0.6 is 0 Å². The highest BCUT2D eigenvalue weighted by atomic mass is 16.7. The van der Waals surface area contributed by atoms with Crippen molar-refractivity contribution in [1.29, 1.82) is 0 Å². The van der Waals surface area contributed by atoms with Gasteiger partial charge in [0.15, 0.2) is 23.1 Å². The molecule has 3 aliphatic heterocycles. The van der Waals surface area contributed by atoms with Crippen molar-refractivity contribution in [3.8, 4) is 11.5 Å². The van der Waals surface area contributed by atoms with Gasteiger partial charge in [0, 0.05) is 34.4 Å². The monoisotopic (exact) mass is 701 g/mol. The Morgan fingerprint density at radius 3 is 2.33 bits per heavy atom. The molecule has 1 amide bonds. The summed E-state index contributed by atoms with van der Waals surface area (Å²) < 4.78 is 12.2. The number of phenols is 1. The Labute approximate surface area is 292 Å². The van der Waals surface area contributed by atoms with Gasteiger partial charge in [-0.25, -0.2) is 0 Å². The molecule has 15 heteroatoms. The van der Waals surface area contributed by atoms with E-state index in [2.05, 4.69) is 16.0 Å². The van der Waals surface area contributed by atoms with Crippen LogP contribution in [0.25, 0.3) is 0 Å². The molecule has 10 N–H and O–H groups in total. The third-order valence-electron chi connectivity index (χ3n) is 10.8. The Hall–Kier alpha value is -4.45. The van der Waals surface area contributed by atoms with Crippen LogP contribution in [0.3, 0.4) is 0 Å². The maximum Gasteiger partial charge on any atom is 0.242 e. The molecular weight excluding hydrogens is 662 g/mol. The molecule has 268 valence electrons. The Morgan fingerprint density at radius 2 is 1.59 bits per heavy atom. The van der Waals surface area contributed by atoms with Crippen molar-refractivity contribution in [2.24, 2.45) is 5.73 Å². The number of para-hydroxylation sites is 1. The van der Waals surface area contributed by atoms with Crippen LogP contribution in [0.2, 0.25) is 0 Å². The van der Waals surface area contributed by atoms with Crippen molar-refractivity contribution in [3.05, 3.63) is 88.0 Å². The number of nitrogens with one attached hydrogen (secondary N) is 3. The predicted octanol–water partition coefficient (Wildman–Crippen LogP) is -0.727. The molecule has 0 aromatic heterocycles. The standard InChI is InChI=1S/C36H39N5O10/c37-35-39-32-23(33(48)40-35)38-15-41(32)21-10-4-1-7-16(21)13-17-14-20-22(25(43)19-9-3-2-8-18(19)24(20)42)26(44)30(17)50-34-29(47)27(45)28(46)31(51-34)36(49)11-5-6-12-36/h1-4,7-10,14,23,27-29,31-32,34-35,38-39,44-47,49H,5-6,11-13,15,37H2,(H,40,48)/t23-,27+,28+,29-,31+,32-,34-,35+/m0/s1. The second-order valence-electron chi connectivity index (χ2n) is 13.9. The van der Waals surface area contributed by atoms with E-state index in [4.69, 9.17) is 15.2 Å². The molecular formula is C36H39N5O10. The van der Waals surface area contributed by atoms with Crippen molar-refractivity contribution in [3.63, 3.8) is 0 Å². The minimum absolute atomic E-state index is 0.0168. The number of aromatic hydroxyl groups is 1. The molecule has 3 aromatic rings. The molecule has 1 saturated carbocycles. The van der Waals surface area contributed by atoms with E-state index in [0.717, 1.165) is 0 Å². The van der Waals surface area contributed by atoms with E-state index in [9.17, 15) is 39.9 Å². The van der Waals surface area contributed by atoms with Crippen molar-refractivity contribution in [2.45, 2.75) is 86.9 Å². The fourth-order valence-electron chi connectivity index (χ4n) is 8.17. The molecule has 3 aromatic carbocycles. The van der Waals surface area contributed by atoms with Crippen LogP contribution < -0.4 is 31.3 Å². The summed E-state index contributed by atoms with van der Waals surface area (Å²) in [6, 6.07) is 14.4. The number of amides is 1. The first kappa shape index (κ1) is 33.7. The first-order valence-corrected chi connectivity index (χ1v) is 17.0. The summed E-state index contributed by atoms with van der Waals surface area (Å²) in [4.78, 5) is 42.3. The van der Waals surface area contributed by atoms with Crippen LogP contribution in [-0.4, -0.2) is 104 Å². The summed E-state index contributed by atoms with van der Waals surface area (Å²) in [6.07, 6.45) is -7.61. The Morgan fingerprint density at radius 1 is 0.902 bits per heavy atom. The van der Waals surface area contributed by atoms with Gasteiger partial charge in [-0.3, -0.25) is 30.8 Å². The molecule has 5 aliphatic rings. The third kappa shape index (κ3) is 5.48. The fourth-order valence-corrected chi connectivity index (χ4v) is 8.17. The smallest absolute Gasteiger partial charge is 0.242 e. The lowest BCUT2D eigenvalue weighted by atomic mass is 9.81. The van der Waals surface area contributed by atoms with E-state index in [1.165, 1.54) is 18.2 Å². The molecule has 3 saturated heterocycles. The van der Waals surface area contributed by atoms with Gasteiger partial charge in [0.1, 0.15) is 42.9 Å². The molecule has 15 nitrogen and oxygen atoms in total. The highest BCUT2D eigenvalue weighted by Gasteiger charge is 2.54. The second kappa shape index (κ2) is 12.6. The minimum atomic E-state index is -1.82. The van der Waals surface area contributed by atoms with Crippen molar-refractivity contribution in [1.82, 2.24) is 16.0 Å². The summed E-state index contributed by atoms with van der Waals surface area (Å²) >= 11 is 0. The number of ether oxygens (including phenoxy) is 2. The van der Waals surface area contributed by atoms with Crippen LogP contribution in [-0.2, 0) is 16.0 Å². The highest BCUT2D eigenvalue weighted by molar-refractivity contribution is 6.29. The lowest BCUT2D eigenvalue weighted by molar-refractivity contribution is -0.304. The molecule has 0 spiro atoms. The highest BCUT2D eigenvalue weighted by Crippen LogP contribution is 2.45. The van der Waals surface area contributed by atoms with Gasteiger partial charge in [-0.05, 0) is 30.5 Å². The fraction of sp³-hybridized carbons (Fsp3) is 0.417. The number of anilines is 1. The molecule has 8 atom stereocenters. The van der Waals surface area contributed by atoms with E-state index in [-0.39, 0.29) is 52.6 Å². The number of fused-ring (bicyclic) bond motifs is 3. The number of carbonyl (C=O) groups excluding carboxylic acids is 3. The van der Waals surface area contributed by atoms with Gasteiger partial charge in [-0.15, -0.1) is 0 Å². The van der Waals surface area contributed by atoms with Gasteiger partial charge in [-0.2, -0.15) is 0 Å². The van der Waals surface area contributed by atoms with E-state index in [1.807, 2.05) is 23.1 Å². The molecule has 51 heavy (non-hydrogen) atoms. The molecule has 8 rings (SSSR count). The van der Waals surface area contributed by atoms with Gasteiger partial charge in [0.2, 0.25) is 12.2 Å². The van der Waals surface area contributed by atoms with Crippen LogP contribution in [0.5, 0.6) is 11.5 Å². The largest absolute Gasteiger partial charge is 0.504 e. The van der Waals surface area contributed by atoms with Crippen LogP contribution in [0.1, 0.15) is 68.7 Å². The average Bonchev–Trinajstić information content (AvgIpc) is 3.76. The Balaban J connectivity index is 1.22. The van der Waals surface area contributed by atoms with Gasteiger partial charge < -0.3 is 45.2 Å². The number of hydrogen-bond donors (Lipinski definition) is 9. The van der Waals surface area contributed by atoms with E-state index in [1.54, 1.807) is 18.2 Å². The number of benzene rings is 3. The summed E-state index contributed by atoms with van der Waals surface area (Å²) in [6.45, 7) is 0.286. The first-order valence-electron chi connectivity index (χ1n) is 17.0. The Bertz CT molecular complexity index is 1920. The number of nitrogens with two attached hydrogens (primary N) is 1. The zero-order chi connectivity index (χ0) is 35.8. The number of aliphatic hydroxyl groups is 4. The van der Waals surface area contributed by atoms with Gasteiger partial charge >= 0.3 is 0 Å². The number of carbonyl (C=O) groups is 3. The quantitative estimate of drug-likeness (QED) is 0.121. The van der Waals surface area contributed by atoms with E-state index >= 15 is 0 Å². The van der Waals surface area contributed by atoms with Crippen molar-refractivity contribution >= 4 is 23.2 Å². The van der Waals surface area contributed by atoms with E-state index in [0.29, 0.717) is 36.9 Å². The predicted molar refractivity (Wildman–Crippen MR) is 179 cm³/mol. The van der Waals surface area contributed by atoms with Gasteiger partial charge in [-0.1, -0.05) is 55.3 Å². The number of ketones is 2. The summed E-state index contributed by atoms with van der Waals surface area (Å²) in [5.74, 6) is -2.31. The molecule has 0 radical (unpaired) electrons. The molecule has 0 unspecified atom stereocenters. The third-order valence-corrected chi connectivity index (χ3v) is 10.8. The van der Waals surface area contributed by atoms with Crippen molar-refractivity contribution in [2.75, 3.05) is 11.6 Å². The molecule has 3 heterocycles. The second-order valence-corrected chi connectivity index (χ2v) is 13.9. The minimum Gasteiger partial charge on any atom is -0.504 e. The van der Waals surface area contributed by atoms with Crippen LogP contribution in [0, 0.1) is 0 Å². The maximum atomic E-state index is 13.8. The lowest BCUT2D eigenvalue weighted by Gasteiger charge is -2.45. The summed E-state index contributed by atoms with van der Waals surface area (Å²) in [7, 11) is 0. The van der Waals surface area contributed by atoms with Crippen molar-refractivity contribution < 1.29 is 49.4 Å². The van der Waals surface area contributed by atoms with Crippen LogP contribution in [0.4, 0.5) is 5.69 Å². The zero-order valence-corrected chi connectivity index (χ0v) is 27.4. The average molecular weight is 702 g/mol. The normalized spacial score (nSPS) is 31.2. The Kier molecular flexibility index (Phi) is 8.35. The van der Waals surface area contributed by atoms with Gasteiger partial charge in [0.05, 0.1) is 17.8 Å². The number of nitrogens with zero attached hydrogens (tertiary/aromatic N) is 1. The zero-order valence-electron chi connectivity index (χ0n) is 27.4. The summed E-state index contributed by atoms with van der Waals surface area (Å²) in [5, 5.41) is 65.1. The maximum absolute atomic E-state index is 13.8. The molecule has 4 fully saturated rings. The van der Waals surface area contributed by atoms with Gasteiger partial charge in [0.25, 0.3) is 0 Å². The van der Waals surface area contributed by atoms with E-state index < -0.39 is 72.1 Å². The number of rotatable bonds is 6. The number of aliphatic hydroxyl groups excluding tert-OH is 3. The molecule has 2 aliphatic carbocycles. The first-order chi connectivity index (χ1) is 24.5. The number of hydrogen-bond acceptors (Lipinski definition) is 14.